The molecule has 0 saturated heterocycles. The van der Waals surface area contributed by atoms with E-state index in [1.54, 1.807) is 13.0 Å². The van der Waals surface area contributed by atoms with Gasteiger partial charge < -0.3 is 20.5 Å². The number of nitrogens with one attached hydrogen (secondary N) is 2. The number of aryl methyl sites for hydroxylation is 1. The molecule has 0 fully saturated rings. The molecule has 0 unspecified atom stereocenters. The molecule has 0 radical (unpaired) electrons. The minimum Gasteiger partial charge on any atom is -0.508 e. The van der Waals surface area contributed by atoms with Crippen molar-refractivity contribution in [3.05, 3.63) is 35.5 Å². The predicted molar refractivity (Wildman–Crippen MR) is 84.3 cm³/mol. The van der Waals surface area contributed by atoms with Crippen molar-refractivity contribution in [3.63, 3.8) is 0 Å². The van der Waals surface area contributed by atoms with Gasteiger partial charge in [0.05, 0.1) is 0 Å². The Hall–Kier alpha value is -2.52. The summed E-state index contributed by atoms with van der Waals surface area (Å²) in [5, 5.41) is 23.9. The van der Waals surface area contributed by atoms with Crippen LogP contribution in [-0.4, -0.2) is 30.8 Å². The Morgan fingerprint density at radius 2 is 2.27 bits per heavy atom. The summed E-state index contributed by atoms with van der Waals surface area (Å²) >= 11 is 0. The van der Waals surface area contributed by atoms with E-state index in [2.05, 4.69) is 10.6 Å². The number of hydrogen-bond donors (Lipinski definition) is 3. The van der Waals surface area contributed by atoms with Crippen LogP contribution < -0.4 is 10.6 Å². The van der Waals surface area contributed by atoms with E-state index in [0.717, 1.165) is 12.0 Å². The molecular formula is C16H21N3O3. The molecule has 3 N–H and O–H groups in total. The number of rotatable bonds is 8. The lowest BCUT2D eigenvalue weighted by Crippen LogP contribution is -2.18. The molecule has 118 valence electrons. The number of benzene rings is 1. The molecule has 1 rings (SSSR count). The van der Waals surface area contributed by atoms with Crippen LogP contribution in [0.2, 0.25) is 0 Å². The summed E-state index contributed by atoms with van der Waals surface area (Å²) in [5.74, 6) is -0.365. The normalized spacial score (nSPS) is 10.9. The van der Waals surface area contributed by atoms with E-state index in [1.807, 2.05) is 13.0 Å². The highest BCUT2D eigenvalue weighted by Gasteiger charge is 2.10. The van der Waals surface area contributed by atoms with Gasteiger partial charge in [-0.25, -0.2) is 0 Å². The second-order valence-corrected chi connectivity index (χ2v) is 4.63. The van der Waals surface area contributed by atoms with Gasteiger partial charge in [-0.1, -0.05) is 0 Å². The Balaban J connectivity index is 2.55. The summed E-state index contributed by atoms with van der Waals surface area (Å²) in [6, 6.07) is 6.47. The van der Waals surface area contributed by atoms with E-state index in [1.165, 1.54) is 18.3 Å². The molecular weight excluding hydrogens is 282 g/mol. The maximum Gasteiger partial charge on any atom is 0.267 e. The molecule has 0 aromatic heterocycles. The highest BCUT2D eigenvalue weighted by atomic mass is 16.5. The number of nitriles is 1. The number of carbonyl (C=O) groups excluding carboxylic acids is 1. The molecule has 0 heterocycles. The quantitative estimate of drug-likeness (QED) is 0.296. The van der Waals surface area contributed by atoms with E-state index in [0.29, 0.717) is 25.4 Å². The molecule has 0 bridgehead atoms. The Morgan fingerprint density at radius 1 is 1.50 bits per heavy atom. The summed E-state index contributed by atoms with van der Waals surface area (Å²) in [6.45, 7) is 5.62. The lowest BCUT2D eigenvalue weighted by atomic mass is 10.2. The van der Waals surface area contributed by atoms with Crippen LogP contribution in [0.3, 0.4) is 0 Å². The van der Waals surface area contributed by atoms with Crippen molar-refractivity contribution in [3.8, 4) is 11.8 Å². The summed E-state index contributed by atoms with van der Waals surface area (Å²) in [6.07, 6.45) is 2.19. The maximum atomic E-state index is 12.0. The highest BCUT2D eigenvalue weighted by molar-refractivity contribution is 6.06. The number of hydrogen-bond acceptors (Lipinski definition) is 5. The van der Waals surface area contributed by atoms with Crippen LogP contribution >= 0.6 is 0 Å². The number of aromatic hydroxyl groups is 1. The molecule has 1 aromatic rings. The van der Waals surface area contributed by atoms with Gasteiger partial charge in [-0.05, 0) is 44.0 Å². The minimum absolute atomic E-state index is 0.0103. The first-order valence-corrected chi connectivity index (χ1v) is 7.10. The Morgan fingerprint density at radius 3 is 2.91 bits per heavy atom. The summed E-state index contributed by atoms with van der Waals surface area (Å²) in [4.78, 5) is 12.0. The van der Waals surface area contributed by atoms with E-state index in [4.69, 9.17) is 10.00 Å². The minimum atomic E-state index is -0.492. The number of amides is 1. The molecule has 0 aliphatic heterocycles. The SMILES string of the molecule is CCOCCCN/C=C(/C#N)C(=O)Nc1ccc(O)cc1C. The van der Waals surface area contributed by atoms with Crippen molar-refractivity contribution in [2.75, 3.05) is 25.1 Å². The van der Waals surface area contributed by atoms with Crippen molar-refractivity contribution in [1.82, 2.24) is 5.32 Å². The van der Waals surface area contributed by atoms with Gasteiger partial charge in [-0.3, -0.25) is 4.79 Å². The molecule has 22 heavy (non-hydrogen) atoms. The van der Waals surface area contributed by atoms with Crippen molar-refractivity contribution in [2.24, 2.45) is 0 Å². The number of ether oxygens (including phenoxy) is 1. The van der Waals surface area contributed by atoms with Crippen molar-refractivity contribution in [2.45, 2.75) is 20.3 Å². The first-order chi connectivity index (χ1) is 10.6. The zero-order valence-corrected chi connectivity index (χ0v) is 12.8. The van der Waals surface area contributed by atoms with Gasteiger partial charge >= 0.3 is 0 Å². The number of nitrogens with zero attached hydrogens (tertiary/aromatic N) is 1. The standard InChI is InChI=1S/C16H21N3O3/c1-3-22-8-4-7-18-11-13(10-17)16(21)19-15-6-5-14(20)9-12(15)2/h5-6,9,11,18,20H,3-4,7-8H2,1-2H3,(H,19,21)/b13-11-. The van der Waals surface area contributed by atoms with Gasteiger partial charge in [0.25, 0.3) is 5.91 Å². The van der Waals surface area contributed by atoms with Crippen molar-refractivity contribution in [1.29, 1.82) is 5.26 Å². The van der Waals surface area contributed by atoms with Crippen LogP contribution in [0.4, 0.5) is 5.69 Å². The topological polar surface area (TPSA) is 94.4 Å². The third kappa shape index (κ3) is 5.85. The summed E-state index contributed by atoms with van der Waals surface area (Å²) in [7, 11) is 0. The lowest BCUT2D eigenvalue weighted by molar-refractivity contribution is -0.112. The first kappa shape index (κ1) is 17.5. The van der Waals surface area contributed by atoms with Crippen LogP contribution in [0.1, 0.15) is 18.9 Å². The smallest absolute Gasteiger partial charge is 0.267 e. The fourth-order valence-electron chi connectivity index (χ4n) is 1.72. The lowest BCUT2D eigenvalue weighted by Gasteiger charge is -2.08. The Bertz CT molecular complexity index is 576. The number of phenolic OH excluding ortho intramolecular Hbond substituents is 1. The van der Waals surface area contributed by atoms with Gasteiger partial charge in [-0.15, -0.1) is 0 Å². The van der Waals surface area contributed by atoms with E-state index in [-0.39, 0.29) is 11.3 Å². The highest BCUT2D eigenvalue weighted by Crippen LogP contribution is 2.20. The fourth-order valence-corrected chi connectivity index (χ4v) is 1.72. The number of anilines is 1. The predicted octanol–water partition coefficient (Wildman–Crippen LogP) is 2.06. The van der Waals surface area contributed by atoms with Crippen molar-refractivity contribution < 1.29 is 14.6 Å². The molecule has 6 heteroatoms. The van der Waals surface area contributed by atoms with Crippen LogP contribution in [0.5, 0.6) is 5.75 Å². The molecule has 6 nitrogen and oxygen atoms in total. The monoisotopic (exact) mass is 303 g/mol. The van der Waals surface area contributed by atoms with Gasteiger partial charge in [0.1, 0.15) is 17.4 Å². The van der Waals surface area contributed by atoms with E-state index >= 15 is 0 Å². The van der Waals surface area contributed by atoms with Gasteiger partial charge in [0.2, 0.25) is 0 Å². The number of phenols is 1. The second kappa shape index (κ2) is 9.42. The first-order valence-electron chi connectivity index (χ1n) is 7.10. The van der Waals surface area contributed by atoms with Crippen molar-refractivity contribution >= 4 is 11.6 Å². The largest absolute Gasteiger partial charge is 0.508 e. The average Bonchev–Trinajstić information content (AvgIpc) is 2.49. The zero-order valence-electron chi connectivity index (χ0n) is 12.8. The Labute approximate surface area is 130 Å². The van der Waals surface area contributed by atoms with Gasteiger partial charge in [-0.2, -0.15) is 5.26 Å². The summed E-state index contributed by atoms with van der Waals surface area (Å²) in [5.41, 5.74) is 1.26. The third-order valence-electron chi connectivity index (χ3n) is 2.88. The van der Waals surface area contributed by atoms with Crippen LogP contribution in [-0.2, 0) is 9.53 Å². The molecule has 1 aromatic carbocycles. The van der Waals surface area contributed by atoms with Crippen LogP contribution in [0.15, 0.2) is 30.0 Å². The molecule has 1 amide bonds. The molecule has 0 saturated carbocycles. The van der Waals surface area contributed by atoms with Crippen LogP contribution in [0.25, 0.3) is 0 Å². The average molecular weight is 303 g/mol. The second-order valence-electron chi connectivity index (χ2n) is 4.63. The van der Waals surface area contributed by atoms with Gasteiger partial charge in [0, 0.05) is 31.6 Å². The maximum absolute atomic E-state index is 12.0. The third-order valence-corrected chi connectivity index (χ3v) is 2.88. The molecule has 0 spiro atoms. The number of carbonyl (C=O) groups is 1. The van der Waals surface area contributed by atoms with Crippen LogP contribution in [0, 0.1) is 18.3 Å². The Kier molecular flexibility index (Phi) is 7.51. The van der Waals surface area contributed by atoms with E-state index in [9.17, 15) is 9.90 Å². The fraction of sp³-hybridized carbons (Fsp3) is 0.375. The van der Waals surface area contributed by atoms with E-state index < -0.39 is 5.91 Å². The zero-order chi connectivity index (χ0) is 16.4. The molecule has 0 aliphatic carbocycles. The molecule has 0 aliphatic rings. The van der Waals surface area contributed by atoms with Gasteiger partial charge in [0.15, 0.2) is 0 Å². The molecule has 0 atom stereocenters. The summed E-state index contributed by atoms with van der Waals surface area (Å²) < 4.78 is 5.19.